The number of methoxy groups -OCH3 is 1. The molecule has 0 atom stereocenters. The van der Waals surface area contributed by atoms with Gasteiger partial charge in [0.05, 0.1) is 31.5 Å². The van der Waals surface area contributed by atoms with Gasteiger partial charge in [0.1, 0.15) is 11.6 Å². The molecule has 208 valence electrons. The highest BCUT2D eigenvalue weighted by Crippen LogP contribution is 2.38. The van der Waals surface area contributed by atoms with Gasteiger partial charge in [0.25, 0.3) is 0 Å². The number of likely N-dealkylation sites (tertiary alicyclic amines) is 1. The summed E-state index contributed by atoms with van der Waals surface area (Å²) in [6, 6.07) is 11.8. The van der Waals surface area contributed by atoms with Crippen LogP contribution in [0.2, 0.25) is 0 Å². The smallest absolute Gasteiger partial charge is 0.146 e. The molecule has 0 amide bonds. The third-order valence-corrected chi connectivity index (χ3v) is 8.71. The zero-order valence-electron chi connectivity index (χ0n) is 23.2. The Morgan fingerprint density at radius 3 is 2.59 bits per heavy atom. The lowest BCUT2D eigenvalue weighted by Crippen LogP contribution is -2.39. The van der Waals surface area contributed by atoms with E-state index in [0.717, 1.165) is 74.1 Å². The van der Waals surface area contributed by atoms with Crippen LogP contribution in [0, 0.1) is 5.82 Å². The number of aromatic nitrogens is 1. The maximum Gasteiger partial charge on any atom is 0.146 e. The van der Waals surface area contributed by atoms with E-state index in [4.69, 9.17) is 14.5 Å². The van der Waals surface area contributed by atoms with Gasteiger partial charge in [-0.3, -0.25) is 4.98 Å². The summed E-state index contributed by atoms with van der Waals surface area (Å²) in [4.78, 5) is 9.80. The zero-order valence-corrected chi connectivity index (χ0v) is 23.2. The topological polar surface area (TPSA) is 49.9 Å². The number of benzene rings is 2. The lowest BCUT2D eigenvalue weighted by Gasteiger charge is -2.35. The molecule has 2 aliphatic heterocycles. The monoisotopic (exact) mass is 532 g/mol. The van der Waals surface area contributed by atoms with Crippen molar-refractivity contribution < 1.29 is 13.9 Å². The van der Waals surface area contributed by atoms with Gasteiger partial charge in [-0.2, -0.15) is 0 Å². The first-order chi connectivity index (χ1) is 19.2. The number of pyridine rings is 1. The molecule has 2 aromatic carbocycles. The highest BCUT2D eigenvalue weighted by Gasteiger charge is 2.25. The molecular formula is C32H41FN4O2. The Morgan fingerprint density at radius 2 is 1.79 bits per heavy atom. The van der Waals surface area contributed by atoms with E-state index < -0.39 is 0 Å². The van der Waals surface area contributed by atoms with Crippen LogP contribution in [0.5, 0.6) is 5.75 Å². The molecule has 0 saturated carbocycles. The van der Waals surface area contributed by atoms with Crippen LogP contribution in [0.25, 0.3) is 10.9 Å². The molecule has 1 aliphatic carbocycles. The van der Waals surface area contributed by atoms with E-state index in [1.54, 1.807) is 19.2 Å². The number of piperidine rings is 1. The van der Waals surface area contributed by atoms with Crippen LogP contribution in [-0.4, -0.2) is 62.4 Å². The number of fused-ring (bicyclic) bond motifs is 2. The summed E-state index contributed by atoms with van der Waals surface area (Å²) >= 11 is 0. The van der Waals surface area contributed by atoms with Crippen LogP contribution in [0.15, 0.2) is 36.4 Å². The summed E-state index contributed by atoms with van der Waals surface area (Å²) in [5.74, 6) is 0.722. The van der Waals surface area contributed by atoms with Crippen molar-refractivity contribution in [2.45, 2.75) is 64.0 Å². The first-order valence-electron chi connectivity index (χ1n) is 14.8. The molecule has 1 N–H and O–H groups in total. The molecule has 7 heteroatoms. The van der Waals surface area contributed by atoms with Gasteiger partial charge in [-0.1, -0.05) is 12.1 Å². The number of nitrogens with zero attached hydrogens (tertiary/aromatic N) is 3. The molecule has 1 aromatic heterocycles. The average Bonchev–Trinajstić information content (AvgIpc) is 3.49. The number of hydrogen-bond acceptors (Lipinski definition) is 6. The fourth-order valence-corrected chi connectivity index (χ4v) is 6.52. The molecule has 3 aliphatic rings. The largest absolute Gasteiger partial charge is 0.496 e. The predicted molar refractivity (Wildman–Crippen MR) is 156 cm³/mol. The molecule has 6 nitrogen and oxygen atoms in total. The van der Waals surface area contributed by atoms with Crippen LogP contribution < -0.4 is 15.0 Å². The fourth-order valence-electron chi connectivity index (χ4n) is 6.52. The normalized spacial score (nSPS) is 18.5. The molecule has 2 fully saturated rings. The zero-order chi connectivity index (χ0) is 26.6. The third-order valence-electron chi connectivity index (χ3n) is 8.71. The Bertz CT molecular complexity index is 1280. The van der Waals surface area contributed by atoms with Gasteiger partial charge in [-0.15, -0.1) is 0 Å². The van der Waals surface area contributed by atoms with Crippen molar-refractivity contribution >= 4 is 22.3 Å². The van der Waals surface area contributed by atoms with Crippen molar-refractivity contribution in [2.75, 3.05) is 56.7 Å². The van der Waals surface area contributed by atoms with Gasteiger partial charge in [0, 0.05) is 48.0 Å². The van der Waals surface area contributed by atoms with E-state index in [1.807, 2.05) is 12.1 Å². The second kappa shape index (κ2) is 12.1. The molecular weight excluding hydrogens is 491 g/mol. The number of nitrogens with one attached hydrogen (secondary N) is 1. The Hall–Kier alpha value is -2.90. The van der Waals surface area contributed by atoms with Crippen LogP contribution in [0.3, 0.4) is 0 Å². The molecule has 0 unspecified atom stereocenters. The van der Waals surface area contributed by atoms with E-state index in [-0.39, 0.29) is 5.82 Å². The molecule has 2 saturated heterocycles. The van der Waals surface area contributed by atoms with Gasteiger partial charge in [0.15, 0.2) is 0 Å². The van der Waals surface area contributed by atoms with Crippen molar-refractivity contribution in [3.63, 3.8) is 0 Å². The maximum atomic E-state index is 14.4. The van der Waals surface area contributed by atoms with Gasteiger partial charge in [0.2, 0.25) is 0 Å². The lowest BCUT2D eigenvalue weighted by atomic mass is 9.91. The molecule has 0 spiro atoms. The standard InChI is InChI=1S/C32H41FN4O2/c1-38-31-21-26-29(20-23(31)22-39-19-18-36-14-6-7-15-36)35-28-10-4-2-8-25(28)32(26)34-24-12-16-37(17-13-24)30-11-5-3-9-27(30)33/h3,5,9,11,20-21,24H,2,4,6-8,10,12-19,22H2,1H3,(H,34,35). The maximum absolute atomic E-state index is 14.4. The fraction of sp³-hybridized carbons (Fsp3) is 0.531. The minimum absolute atomic E-state index is 0.138. The molecule has 6 rings (SSSR count). The Kier molecular flexibility index (Phi) is 8.16. The lowest BCUT2D eigenvalue weighted by molar-refractivity contribution is 0.0979. The SMILES string of the molecule is COc1cc2c(NC3CCN(c4ccccc4F)CC3)c3c(nc2cc1COCCN1CCCC1)CCCC3. The number of anilines is 2. The van der Waals surface area contributed by atoms with Crippen LogP contribution >= 0.6 is 0 Å². The number of para-hydroxylation sites is 1. The van der Waals surface area contributed by atoms with Gasteiger partial charge in [-0.25, -0.2) is 4.39 Å². The van der Waals surface area contributed by atoms with Gasteiger partial charge < -0.3 is 24.6 Å². The second-order valence-electron chi connectivity index (χ2n) is 11.3. The van der Waals surface area contributed by atoms with Crippen molar-refractivity contribution in [2.24, 2.45) is 0 Å². The van der Waals surface area contributed by atoms with Crippen LogP contribution in [0.1, 0.15) is 55.3 Å². The van der Waals surface area contributed by atoms with Crippen LogP contribution in [-0.2, 0) is 24.2 Å². The van der Waals surface area contributed by atoms with Crippen molar-refractivity contribution in [1.29, 1.82) is 0 Å². The molecule has 0 bridgehead atoms. The number of ether oxygens (including phenoxy) is 2. The predicted octanol–water partition coefficient (Wildman–Crippen LogP) is 5.95. The minimum atomic E-state index is -0.138. The van der Waals surface area contributed by atoms with E-state index in [0.29, 0.717) is 18.3 Å². The summed E-state index contributed by atoms with van der Waals surface area (Å²) in [5.41, 5.74) is 6.59. The summed E-state index contributed by atoms with van der Waals surface area (Å²) in [5, 5.41) is 5.07. The Morgan fingerprint density at radius 1 is 1.00 bits per heavy atom. The van der Waals surface area contributed by atoms with E-state index in [9.17, 15) is 4.39 Å². The molecule has 39 heavy (non-hydrogen) atoms. The van der Waals surface area contributed by atoms with Crippen molar-refractivity contribution in [3.05, 3.63) is 59.0 Å². The summed E-state index contributed by atoms with van der Waals surface area (Å²) in [6.45, 7) is 6.31. The van der Waals surface area contributed by atoms with Gasteiger partial charge >= 0.3 is 0 Å². The summed E-state index contributed by atoms with van der Waals surface area (Å²) < 4.78 is 26.3. The number of rotatable bonds is 9. The first-order valence-corrected chi connectivity index (χ1v) is 14.8. The molecule has 3 heterocycles. The third kappa shape index (κ3) is 5.85. The van der Waals surface area contributed by atoms with Crippen molar-refractivity contribution in [3.8, 4) is 5.75 Å². The van der Waals surface area contributed by atoms with Crippen LogP contribution in [0.4, 0.5) is 15.8 Å². The number of aryl methyl sites for hydroxylation is 1. The first kappa shape index (κ1) is 26.3. The van der Waals surface area contributed by atoms with Gasteiger partial charge in [-0.05, 0) is 94.3 Å². The summed E-state index contributed by atoms with van der Waals surface area (Å²) in [6.07, 6.45) is 9.00. The minimum Gasteiger partial charge on any atom is -0.496 e. The summed E-state index contributed by atoms with van der Waals surface area (Å²) in [7, 11) is 1.74. The number of halogens is 1. The number of hydrogen-bond donors (Lipinski definition) is 1. The highest BCUT2D eigenvalue weighted by molar-refractivity contribution is 5.95. The quantitative estimate of drug-likeness (QED) is 0.344. The van der Waals surface area contributed by atoms with E-state index in [1.165, 1.54) is 55.7 Å². The van der Waals surface area contributed by atoms with Crippen molar-refractivity contribution in [1.82, 2.24) is 9.88 Å². The Balaban J connectivity index is 1.21. The Labute approximate surface area is 231 Å². The highest BCUT2D eigenvalue weighted by atomic mass is 19.1. The van der Waals surface area contributed by atoms with E-state index >= 15 is 0 Å². The molecule has 3 aromatic rings. The molecule has 0 radical (unpaired) electrons. The van der Waals surface area contributed by atoms with E-state index in [2.05, 4.69) is 27.2 Å². The second-order valence-corrected chi connectivity index (χ2v) is 11.3. The average molecular weight is 533 g/mol.